The molecule has 42 heavy (non-hydrogen) atoms. The van der Waals surface area contributed by atoms with Crippen LogP contribution in [0, 0.1) is 5.82 Å². The summed E-state index contributed by atoms with van der Waals surface area (Å²) < 4.78 is 39.3. The molecular formula is C31H36F2N8O. The van der Waals surface area contributed by atoms with E-state index in [9.17, 15) is 4.39 Å². The Labute approximate surface area is 243 Å². The molecule has 3 N–H and O–H groups in total. The number of halogens is 2. The number of fused-ring (bicyclic) bond motifs is 5. The van der Waals surface area contributed by atoms with Crippen molar-refractivity contribution >= 4 is 33.3 Å². The highest BCUT2D eigenvalue weighted by atomic mass is 19.1. The van der Waals surface area contributed by atoms with Gasteiger partial charge in [0.1, 0.15) is 24.1 Å². The van der Waals surface area contributed by atoms with E-state index in [0.29, 0.717) is 59.6 Å². The number of anilines is 2. The van der Waals surface area contributed by atoms with Crippen LogP contribution < -0.4 is 20.7 Å². The van der Waals surface area contributed by atoms with Gasteiger partial charge in [-0.05, 0) is 57.4 Å². The predicted octanol–water partition coefficient (Wildman–Crippen LogP) is 4.28. The van der Waals surface area contributed by atoms with Crippen molar-refractivity contribution in [3.63, 3.8) is 0 Å². The third-order valence-electron chi connectivity index (χ3n) is 9.86. The number of aromatic nitrogens is 4. The van der Waals surface area contributed by atoms with Crippen molar-refractivity contribution in [1.82, 2.24) is 30.0 Å². The van der Waals surface area contributed by atoms with E-state index in [4.69, 9.17) is 15.5 Å². The van der Waals surface area contributed by atoms with Gasteiger partial charge in [0.15, 0.2) is 5.82 Å². The number of nitrogens with one attached hydrogen (secondary N) is 1. The summed E-state index contributed by atoms with van der Waals surface area (Å²) in [6, 6.07) is 8.28. The van der Waals surface area contributed by atoms with Crippen molar-refractivity contribution < 1.29 is 13.5 Å². The van der Waals surface area contributed by atoms with Crippen molar-refractivity contribution in [2.75, 3.05) is 43.4 Å². The maximum absolute atomic E-state index is 16.8. The normalized spacial score (nSPS) is 27.4. The lowest BCUT2D eigenvalue weighted by atomic mass is 9.95. The fraction of sp³-hybridized carbons (Fsp3) is 0.516. The van der Waals surface area contributed by atoms with Crippen LogP contribution in [0.4, 0.5) is 20.3 Å². The minimum absolute atomic E-state index is 0.138. The average Bonchev–Trinajstić information content (AvgIpc) is 3.73. The number of nitrogens with two attached hydrogens (primary N) is 1. The second-order valence-corrected chi connectivity index (χ2v) is 12.5. The van der Waals surface area contributed by atoms with Crippen molar-refractivity contribution in [2.45, 2.75) is 69.4 Å². The average molecular weight is 575 g/mol. The Kier molecular flexibility index (Phi) is 6.05. The fourth-order valence-electron chi connectivity index (χ4n) is 7.96. The van der Waals surface area contributed by atoms with E-state index < -0.39 is 12.0 Å². The van der Waals surface area contributed by atoms with Gasteiger partial charge in [0.05, 0.1) is 17.3 Å². The zero-order chi connectivity index (χ0) is 28.6. The number of hydrogen-bond donors (Lipinski definition) is 2. The van der Waals surface area contributed by atoms with Crippen LogP contribution in [0.5, 0.6) is 6.01 Å². The molecule has 0 spiro atoms. The fourth-order valence-corrected chi connectivity index (χ4v) is 7.96. The Morgan fingerprint density at radius 2 is 1.95 bits per heavy atom. The number of ether oxygens (including phenoxy) is 1. The van der Waals surface area contributed by atoms with E-state index in [2.05, 4.69) is 25.2 Å². The summed E-state index contributed by atoms with van der Waals surface area (Å²) >= 11 is 0. The Morgan fingerprint density at radius 1 is 1.12 bits per heavy atom. The highest BCUT2D eigenvalue weighted by molar-refractivity contribution is 6.00. The zero-order valence-electron chi connectivity index (χ0n) is 23.8. The first-order valence-electron chi connectivity index (χ1n) is 15.2. The van der Waals surface area contributed by atoms with Crippen LogP contribution in [-0.4, -0.2) is 81.2 Å². The highest BCUT2D eigenvalue weighted by Gasteiger charge is 2.49. The molecule has 4 fully saturated rings. The second-order valence-electron chi connectivity index (χ2n) is 12.5. The number of benzene rings is 2. The van der Waals surface area contributed by atoms with Gasteiger partial charge in [0, 0.05) is 72.3 Å². The maximum Gasteiger partial charge on any atom is 0.319 e. The summed E-state index contributed by atoms with van der Waals surface area (Å²) in [6.07, 6.45) is 5.48. The van der Waals surface area contributed by atoms with Crippen molar-refractivity contribution in [3.8, 4) is 17.1 Å². The van der Waals surface area contributed by atoms with E-state index >= 15 is 4.39 Å². The number of aryl methyl sites for hydroxylation is 1. The Morgan fingerprint density at radius 3 is 2.76 bits per heavy atom. The second kappa shape index (κ2) is 9.74. The molecule has 2 bridgehead atoms. The van der Waals surface area contributed by atoms with Crippen molar-refractivity contribution in [3.05, 3.63) is 36.3 Å². The molecule has 11 heteroatoms. The summed E-state index contributed by atoms with van der Waals surface area (Å²) in [5.74, 6) is 0.242. The first kappa shape index (κ1) is 26.1. The molecule has 4 aliphatic heterocycles. The quantitative estimate of drug-likeness (QED) is 0.330. The molecule has 2 aromatic carbocycles. The van der Waals surface area contributed by atoms with Crippen LogP contribution in [0.15, 0.2) is 30.5 Å². The van der Waals surface area contributed by atoms with E-state index in [1.54, 1.807) is 18.3 Å². The summed E-state index contributed by atoms with van der Waals surface area (Å²) in [5.41, 5.74) is 8.57. The molecule has 220 valence electrons. The maximum atomic E-state index is 16.8. The van der Waals surface area contributed by atoms with E-state index in [1.165, 1.54) is 0 Å². The molecule has 6 heterocycles. The first-order chi connectivity index (χ1) is 20.4. The van der Waals surface area contributed by atoms with Gasteiger partial charge in [0.2, 0.25) is 0 Å². The van der Waals surface area contributed by atoms with Gasteiger partial charge in [0.25, 0.3) is 0 Å². The molecule has 0 saturated carbocycles. The van der Waals surface area contributed by atoms with Crippen LogP contribution in [0.1, 0.15) is 39.0 Å². The molecule has 0 radical (unpaired) electrons. The number of nitrogen functional groups attached to an aromatic ring is 1. The molecule has 4 atom stereocenters. The largest absolute Gasteiger partial charge is 0.461 e. The number of piperazine rings is 1. The van der Waals surface area contributed by atoms with Gasteiger partial charge in [-0.15, -0.1) is 0 Å². The minimum Gasteiger partial charge on any atom is -0.461 e. The molecular weight excluding hydrogens is 538 g/mol. The minimum atomic E-state index is -0.856. The lowest BCUT2D eigenvalue weighted by molar-refractivity contribution is 0.107. The number of rotatable bonds is 6. The predicted molar refractivity (Wildman–Crippen MR) is 159 cm³/mol. The monoisotopic (exact) mass is 574 g/mol. The molecule has 0 amide bonds. The molecule has 9 nitrogen and oxygen atoms in total. The zero-order valence-corrected chi connectivity index (χ0v) is 23.8. The summed E-state index contributed by atoms with van der Waals surface area (Å²) in [5, 5.41) is 9.66. The SMILES string of the molecule is CCn1ncc2cc(N)cc(-c3ccc4c(N5C[C@H]6CC[C@@H](C5)N6)nc(OC[C@@]56CCCN5C[C@H](F)C6)nc4c3F)c21. The molecule has 2 aromatic heterocycles. The summed E-state index contributed by atoms with van der Waals surface area (Å²) in [4.78, 5) is 14.0. The van der Waals surface area contributed by atoms with E-state index in [-0.39, 0.29) is 23.7 Å². The van der Waals surface area contributed by atoms with E-state index in [0.717, 1.165) is 56.2 Å². The van der Waals surface area contributed by atoms with Crippen LogP contribution in [0.3, 0.4) is 0 Å². The third-order valence-corrected chi connectivity index (χ3v) is 9.86. The van der Waals surface area contributed by atoms with Gasteiger partial charge in [-0.1, -0.05) is 6.07 Å². The smallest absolute Gasteiger partial charge is 0.319 e. The Balaban J connectivity index is 1.25. The molecule has 4 saturated heterocycles. The number of alkyl halides is 1. The van der Waals surface area contributed by atoms with Gasteiger partial charge >= 0.3 is 6.01 Å². The van der Waals surface area contributed by atoms with Crippen LogP contribution in [0.2, 0.25) is 0 Å². The van der Waals surface area contributed by atoms with Crippen LogP contribution in [-0.2, 0) is 6.54 Å². The molecule has 4 aliphatic rings. The number of hydrogen-bond acceptors (Lipinski definition) is 8. The molecule has 4 aromatic rings. The van der Waals surface area contributed by atoms with Crippen LogP contribution in [0.25, 0.3) is 32.9 Å². The van der Waals surface area contributed by atoms with Gasteiger partial charge in [-0.25, -0.2) is 8.78 Å². The summed E-state index contributed by atoms with van der Waals surface area (Å²) in [7, 11) is 0. The third kappa shape index (κ3) is 4.11. The standard InChI is InChI=1S/C31H36F2N8O/c1-2-41-28-18(13-35-41)10-20(34)11-25(28)23-6-7-24-27(26(23)33)37-30(38-29(24)39-15-21-4-5-22(16-39)36-21)42-17-31-8-3-9-40(31)14-19(32)12-31/h6-7,10-11,13,19,21-22,36H,2-5,8-9,12,14-17,34H2,1H3/t19-,21-,22+,31+/m1/s1. The molecule has 0 aliphatic carbocycles. The van der Waals surface area contributed by atoms with Gasteiger partial charge in [-0.2, -0.15) is 15.1 Å². The van der Waals surface area contributed by atoms with E-state index in [1.807, 2.05) is 23.7 Å². The van der Waals surface area contributed by atoms with Crippen LogP contribution >= 0.6 is 0 Å². The lowest BCUT2D eigenvalue weighted by Gasteiger charge is -2.34. The lowest BCUT2D eigenvalue weighted by Crippen LogP contribution is -2.51. The Hall–Kier alpha value is -3.57. The van der Waals surface area contributed by atoms with Gasteiger partial charge in [-0.3, -0.25) is 9.58 Å². The first-order valence-corrected chi connectivity index (χ1v) is 15.2. The molecule has 0 unspecified atom stereocenters. The highest BCUT2D eigenvalue weighted by Crippen LogP contribution is 2.41. The van der Waals surface area contributed by atoms with Crippen molar-refractivity contribution in [2.24, 2.45) is 0 Å². The Bertz CT molecular complexity index is 1680. The van der Waals surface area contributed by atoms with Gasteiger partial charge < -0.3 is 20.7 Å². The van der Waals surface area contributed by atoms with Crippen molar-refractivity contribution in [1.29, 1.82) is 0 Å². The topological polar surface area (TPSA) is 97.4 Å². The number of nitrogens with zero attached hydrogens (tertiary/aromatic N) is 6. The summed E-state index contributed by atoms with van der Waals surface area (Å²) in [6.45, 7) is 5.83. The molecule has 8 rings (SSSR count).